The fourth-order valence-corrected chi connectivity index (χ4v) is 5.07. The number of halogens is 2. The highest BCUT2D eigenvalue weighted by Crippen LogP contribution is 2.27. The molecule has 2 aromatic carbocycles. The molecule has 0 spiro atoms. The Balaban J connectivity index is 1.74. The quantitative estimate of drug-likeness (QED) is 0.716. The number of piperidine rings is 1. The summed E-state index contributed by atoms with van der Waals surface area (Å²) in [4.78, 5) is 12.9. The van der Waals surface area contributed by atoms with Gasteiger partial charge < -0.3 is 5.32 Å². The number of amides is 1. The lowest BCUT2D eigenvalue weighted by molar-refractivity contribution is -0.120. The van der Waals surface area contributed by atoms with Crippen LogP contribution in [0.3, 0.4) is 0 Å². The first kappa shape index (κ1) is 20.3. The van der Waals surface area contributed by atoms with Gasteiger partial charge in [0.25, 0.3) is 0 Å². The van der Waals surface area contributed by atoms with Crippen molar-refractivity contribution >= 4 is 49.1 Å². The summed E-state index contributed by atoms with van der Waals surface area (Å²) >= 11 is 9.41. The summed E-state index contributed by atoms with van der Waals surface area (Å²) in [5, 5.41) is 3.47. The van der Waals surface area contributed by atoms with Gasteiger partial charge in [0.2, 0.25) is 15.9 Å². The highest BCUT2D eigenvalue weighted by molar-refractivity contribution is 9.10. The van der Waals surface area contributed by atoms with Crippen molar-refractivity contribution in [1.82, 2.24) is 4.31 Å². The smallest absolute Gasteiger partial charge is 0.243 e. The molecular weight excluding hydrogens is 452 g/mol. The lowest BCUT2D eigenvalue weighted by Gasteiger charge is -2.31. The van der Waals surface area contributed by atoms with E-state index in [0.29, 0.717) is 30.1 Å². The summed E-state index contributed by atoms with van der Waals surface area (Å²) in [6, 6.07) is 11.9. The first-order chi connectivity index (χ1) is 12.8. The first-order valence-corrected chi connectivity index (χ1v) is 11.2. The number of carbonyl (C=O) groups is 1. The zero-order chi connectivity index (χ0) is 19.6. The van der Waals surface area contributed by atoms with Crippen LogP contribution in [0.5, 0.6) is 0 Å². The summed E-state index contributed by atoms with van der Waals surface area (Å²) in [7, 11) is -3.62. The van der Waals surface area contributed by atoms with E-state index in [-0.39, 0.29) is 17.3 Å². The molecule has 1 aliphatic rings. The Morgan fingerprint density at radius 3 is 2.63 bits per heavy atom. The van der Waals surface area contributed by atoms with Crippen LogP contribution in [0.1, 0.15) is 18.4 Å². The molecule has 144 valence electrons. The number of hydrogen-bond acceptors (Lipinski definition) is 3. The number of nitrogens with one attached hydrogen (secondary N) is 1. The minimum atomic E-state index is -3.62. The molecule has 0 bridgehead atoms. The lowest BCUT2D eigenvalue weighted by Crippen LogP contribution is -2.43. The Kier molecular flexibility index (Phi) is 6.25. The van der Waals surface area contributed by atoms with Gasteiger partial charge in [0.1, 0.15) is 0 Å². The molecule has 1 heterocycles. The maximum absolute atomic E-state index is 12.9. The van der Waals surface area contributed by atoms with Crippen LogP contribution in [0.25, 0.3) is 0 Å². The molecule has 8 heteroatoms. The van der Waals surface area contributed by atoms with E-state index in [2.05, 4.69) is 21.2 Å². The number of hydrogen-bond donors (Lipinski definition) is 1. The molecule has 0 saturated carbocycles. The molecule has 1 N–H and O–H groups in total. The van der Waals surface area contributed by atoms with E-state index in [1.165, 1.54) is 4.31 Å². The summed E-state index contributed by atoms with van der Waals surface area (Å²) in [6.45, 7) is 2.42. The first-order valence-electron chi connectivity index (χ1n) is 8.61. The van der Waals surface area contributed by atoms with Gasteiger partial charge in [0.05, 0.1) is 10.8 Å². The van der Waals surface area contributed by atoms with E-state index in [1.807, 2.05) is 6.92 Å². The van der Waals surface area contributed by atoms with Gasteiger partial charge in [-0.1, -0.05) is 33.6 Å². The van der Waals surface area contributed by atoms with Crippen LogP contribution < -0.4 is 5.32 Å². The Morgan fingerprint density at radius 1 is 1.22 bits per heavy atom. The monoisotopic (exact) mass is 470 g/mol. The molecule has 0 unspecified atom stereocenters. The van der Waals surface area contributed by atoms with E-state index < -0.39 is 15.9 Å². The Labute approximate surface area is 172 Å². The van der Waals surface area contributed by atoms with Crippen molar-refractivity contribution in [3.05, 3.63) is 57.5 Å². The Morgan fingerprint density at radius 2 is 1.93 bits per heavy atom. The molecule has 3 rings (SSSR count). The number of carbonyl (C=O) groups excluding carboxylic acids is 1. The maximum Gasteiger partial charge on any atom is 0.243 e. The van der Waals surface area contributed by atoms with Gasteiger partial charge in [-0.2, -0.15) is 4.31 Å². The summed E-state index contributed by atoms with van der Waals surface area (Å²) in [6.07, 6.45) is 1.29. The van der Waals surface area contributed by atoms with Crippen LogP contribution in [0.2, 0.25) is 5.02 Å². The molecule has 2 aromatic rings. The molecule has 1 aliphatic heterocycles. The van der Waals surface area contributed by atoms with Gasteiger partial charge >= 0.3 is 0 Å². The topological polar surface area (TPSA) is 66.5 Å². The van der Waals surface area contributed by atoms with Crippen molar-refractivity contribution in [3.63, 3.8) is 0 Å². The minimum Gasteiger partial charge on any atom is -0.326 e. The van der Waals surface area contributed by atoms with Crippen molar-refractivity contribution in [2.24, 2.45) is 5.92 Å². The van der Waals surface area contributed by atoms with Gasteiger partial charge in [0, 0.05) is 28.3 Å². The molecule has 1 saturated heterocycles. The summed E-state index contributed by atoms with van der Waals surface area (Å²) in [5.41, 5.74) is 1.45. The number of rotatable bonds is 4. The molecular formula is C19H20BrClN2O3S. The average molecular weight is 472 g/mol. The SMILES string of the molecule is Cc1c(Cl)cccc1NC(=O)[C@H]1CCCN(S(=O)(=O)c2ccc(Br)cc2)C1. The third kappa shape index (κ3) is 4.54. The fourth-order valence-electron chi connectivity index (χ4n) is 3.11. The predicted molar refractivity (Wildman–Crippen MR) is 110 cm³/mol. The molecule has 27 heavy (non-hydrogen) atoms. The molecule has 0 radical (unpaired) electrons. The summed E-state index contributed by atoms with van der Waals surface area (Å²) in [5.74, 6) is -0.585. The van der Waals surface area contributed by atoms with E-state index >= 15 is 0 Å². The van der Waals surface area contributed by atoms with E-state index in [1.54, 1.807) is 42.5 Å². The lowest BCUT2D eigenvalue weighted by atomic mass is 9.98. The second kappa shape index (κ2) is 8.31. The second-order valence-corrected chi connectivity index (χ2v) is 9.82. The van der Waals surface area contributed by atoms with Crippen LogP contribution in [0, 0.1) is 12.8 Å². The molecule has 5 nitrogen and oxygen atoms in total. The van der Waals surface area contributed by atoms with Crippen LogP contribution in [0.4, 0.5) is 5.69 Å². The number of sulfonamides is 1. The van der Waals surface area contributed by atoms with Crippen molar-refractivity contribution < 1.29 is 13.2 Å². The second-order valence-electron chi connectivity index (χ2n) is 6.56. The van der Waals surface area contributed by atoms with E-state index in [0.717, 1.165) is 10.0 Å². The average Bonchev–Trinajstić information content (AvgIpc) is 2.66. The molecule has 0 aliphatic carbocycles. The third-order valence-electron chi connectivity index (χ3n) is 4.73. The normalized spacial score (nSPS) is 18.3. The Hall–Kier alpha value is -1.41. The minimum absolute atomic E-state index is 0.170. The van der Waals surface area contributed by atoms with E-state index in [9.17, 15) is 13.2 Å². The summed E-state index contributed by atoms with van der Waals surface area (Å²) < 4.78 is 28.0. The molecule has 1 fully saturated rings. The van der Waals surface area contributed by atoms with Crippen molar-refractivity contribution in [1.29, 1.82) is 0 Å². The number of anilines is 1. The molecule has 1 atom stereocenters. The highest BCUT2D eigenvalue weighted by atomic mass is 79.9. The standard InChI is InChI=1S/C19H20BrClN2O3S/c1-13-17(21)5-2-6-18(13)22-19(24)14-4-3-11-23(12-14)27(25,26)16-9-7-15(20)8-10-16/h2,5-10,14H,3-4,11-12H2,1H3,(H,22,24)/t14-/m0/s1. The van der Waals surface area contributed by atoms with Crippen LogP contribution >= 0.6 is 27.5 Å². The van der Waals surface area contributed by atoms with Gasteiger partial charge in [-0.25, -0.2) is 8.42 Å². The number of nitrogens with zero attached hydrogens (tertiary/aromatic N) is 1. The van der Waals surface area contributed by atoms with Crippen molar-refractivity contribution in [2.45, 2.75) is 24.7 Å². The Bertz CT molecular complexity index is 948. The van der Waals surface area contributed by atoms with Crippen LogP contribution in [0.15, 0.2) is 51.8 Å². The zero-order valence-corrected chi connectivity index (χ0v) is 17.9. The van der Waals surface area contributed by atoms with Gasteiger partial charge in [-0.15, -0.1) is 0 Å². The fraction of sp³-hybridized carbons (Fsp3) is 0.316. The van der Waals surface area contributed by atoms with Crippen LogP contribution in [-0.2, 0) is 14.8 Å². The van der Waals surface area contributed by atoms with Crippen LogP contribution in [-0.4, -0.2) is 31.7 Å². The van der Waals surface area contributed by atoms with Gasteiger partial charge in [-0.05, 0) is 61.7 Å². The van der Waals surface area contributed by atoms with Crippen molar-refractivity contribution in [2.75, 3.05) is 18.4 Å². The third-order valence-corrected chi connectivity index (χ3v) is 7.55. The molecule has 1 amide bonds. The highest BCUT2D eigenvalue weighted by Gasteiger charge is 2.33. The predicted octanol–water partition coefficient (Wildman–Crippen LogP) is 4.45. The van der Waals surface area contributed by atoms with Crippen molar-refractivity contribution in [3.8, 4) is 0 Å². The largest absolute Gasteiger partial charge is 0.326 e. The maximum atomic E-state index is 12.9. The zero-order valence-electron chi connectivity index (χ0n) is 14.8. The van der Waals surface area contributed by atoms with Gasteiger partial charge in [0.15, 0.2) is 0 Å². The van der Waals surface area contributed by atoms with Gasteiger partial charge in [-0.3, -0.25) is 4.79 Å². The number of benzene rings is 2. The molecule has 0 aromatic heterocycles. The van der Waals surface area contributed by atoms with E-state index in [4.69, 9.17) is 11.6 Å².